The van der Waals surface area contributed by atoms with Crippen molar-refractivity contribution in [2.45, 2.75) is 12.5 Å². The average Bonchev–Trinajstić information content (AvgIpc) is 2.55. The minimum Gasteiger partial charge on any atom is -0.370 e. The highest BCUT2D eigenvalue weighted by Crippen LogP contribution is 1.95. The lowest BCUT2D eigenvalue weighted by atomic mass is 10.3. The summed E-state index contributed by atoms with van der Waals surface area (Å²) < 4.78 is 5.00. The highest BCUT2D eigenvalue weighted by Gasteiger charge is 2.12. The molecule has 76 valence electrons. The van der Waals surface area contributed by atoms with Crippen molar-refractivity contribution in [1.82, 2.24) is 10.6 Å². The molecule has 13 heavy (non-hydrogen) atoms. The summed E-state index contributed by atoms with van der Waals surface area (Å²) in [4.78, 5) is 10.3. The fourth-order valence-corrected chi connectivity index (χ4v) is 1.34. The van der Waals surface area contributed by atoms with Gasteiger partial charge in [-0.25, -0.2) is 0 Å². The van der Waals surface area contributed by atoms with Gasteiger partial charge in [0, 0.05) is 19.1 Å². The van der Waals surface area contributed by atoms with Crippen LogP contribution in [0.5, 0.6) is 0 Å². The number of hydrogen-bond acceptors (Lipinski definition) is 4. The fraction of sp³-hybridized carbons (Fsp3) is 0.875. The van der Waals surface area contributed by atoms with E-state index in [0.717, 1.165) is 26.1 Å². The Morgan fingerprint density at radius 3 is 3.15 bits per heavy atom. The third-order valence-electron chi connectivity index (χ3n) is 1.98. The van der Waals surface area contributed by atoms with Crippen LogP contribution in [0.25, 0.3) is 0 Å². The average molecular weight is 187 g/mol. The largest absolute Gasteiger partial charge is 0.370 e. The van der Waals surface area contributed by atoms with E-state index < -0.39 is 5.91 Å². The van der Waals surface area contributed by atoms with Gasteiger partial charge in [-0.1, -0.05) is 0 Å². The number of nitrogens with two attached hydrogens (primary N) is 1. The van der Waals surface area contributed by atoms with Gasteiger partial charge in [-0.2, -0.15) is 0 Å². The molecule has 0 aromatic rings. The first-order valence-corrected chi connectivity index (χ1v) is 4.59. The van der Waals surface area contributed by atoms with Crippen molar-refractivity contribution in [3.8, 4) is 0 Å². The van der Waals surface area contributed by atoms with Crippen LogP contribution in [0.3, 0.4) is 0 Å². The van der Waals surface area contributed by atoms with E-state index in [0.29, 0.717) is 12.6 Å². The quantitative estimate of drug-likeness (QED) is 0.440. The molecule has 5 heteroatoms. The highest BCUT2D eigenvalue weighted by molar-refractivity contribution is 5.74. The van der Waals surface area contributed by atoms with Crippen LogP contribution < -0.4 is 16.4 Å². The molecule has 1 atom stereocenters. The minimum atomic E-state index is -0.414. The van der Waals surface area contributed by atoms with Crippen LogP contribution in [-0.2, 0) is 9.53 Å². The summed E-state index contributed by atoms with van der Waals surface area (Å²) in [7, 11) is 0. The normalized spacial score (nSPS) is 22.0. The van der Waals surface area contributed by atoms with Gasteiger partial charge in [0.1, 0.15) is 6.61 Å². The zero-order valence-electron chi connectivity index (χ0n) is 7.71. The van der Waals surface area contributed by atoms with Gasteiger partial charge in [0.05, 0.1) is 6.61 Å². The molecule has 1 aliphatic heterocycles. The summed E-state index contributed by atoms with van der Waals surface area (Å²) in [5, 5.41) is 6.57. The summed E-state index contributed by atoms with van der Waals surface area (Å²) in [6.45, 7) is 3.44. The van der Waals surface area contributed by atoms with Crippen LogP contribution in [0, 0.1) is 0 Å². The van der Waals surface area contributed by atoms with Crippen molar-refractivity contribution in [3.05, 3.63) is 0 Å². The van der Waals surface area contributed by atoms with Crippen LogP contribution in [0.4, 0.5) is 0 Å². The van der Waals surface area contributed by atoms with Crippen molar-refractivity contribution in [1.29, 1.82) is 0 Å². The lowest BCUT2D eigenvalue weighted by Crippen LogP contribution is -2.34. The molecule has 0 aromatic carbocycles. The van der Waals surface area contributed by atoms with Crippen molar-refractivity contribution < 1.29 is 9.53 Å². The Balaban J connectivity index is 1.86. The molecule has 0 bridgehead atoms. The number of nitrogens with one attached hydrogen (secondary N) is 2. The first-order chi connectivity index (χ1) is 6.29. The SMILES string of the molecule is NC(=O)COCCNC1CCNC1. The van der Waals surface area contributed by atoms with Gasteiger partial charge in [0.25, 0.3) is 0 Å². The molecule has 1 heterocycles. The Labute approximate surface area is 78.0 Å². The summed E-state index contributed by atoms with van der Waals surface area (Å²) in [5.74, 6) is -0.414. The van der Waals surface area contributed by atoms with Gasteiger partial charge in [-0.3, -0.25) is 4.79 Å². The van der Waals surface area contributed by atoms with Crippen molar-refractivity contribution >= 4 is 5.91 Å². The molecule has 0 spiro atoms. The maximum Gasteiger partial charge on any atom is 0.243 e. The maximum atomic E-state index is 10.3. The highest BCUT2D eigenvalue weighted by atomic mass is 16.5. The fourth-order valence-electron chi connectivity index (χ4n) is 1.34. The van der Waals surface area contributed by atoms with Crippen molar-refractivity contribution in [3.63, 3.8) is 0 Å². The smallest absolute Gasteiger partial charge is 0.243 e. The van der Waals surface area contributed by atoms with E-state index in [1.54, 1.807) is 0 Å². The number of primary amides is 1. The number of ether oxygens (including phenoxy) is 1. The molecule has 1 rings (SSSR count). The molecule has 1 amide bonds. The maximum absolute atomic E-state index is 10.3. The number of rotatable bonds is 6. The minimum absolute atomic E-state index is 0.0184. The standard InChI is InChI=1S/C8H17N3O2/c9-8(12)6-13-4-3-11-7-1-2-10-5-7/h7,10-11H,1-6H2,(H2,9,12). The van der Waals surface area contributed by atoms with Crippen LogP contribution in [0.15, 0.2) is 0 Å². The summed E-state index contributed by atoms with van der Waals surface area (Å²) in [6, 6.07) is 0.553. The number of hydrogen-bond donors (Lipinski definition) is 3. The van der Waals surface area contributed by atoms with E-state index in [-0.39, 0.29) is 6.61 Å². The van der Waals surface area contributed by atoms with Crippen LogP contribution in [0.2, 0.25) is 0 Å². The van der Waals surface area contributed by atoms with E-state index >= 15 is 0 Å². The molecule has 0 saturated carbocycles. The van der Waals surface area contributed by atoms with E-state index in [9.17, 15) is 4.79 Å². The summed E-state index contributed by atoms with van der Waals surface area (Å²) >= 11 is 0. The molecule has 1 saturated heterocycles. The second-order valence-electron chi connectivity index (χ2n) is 3.16. The second kappa shape index (κ2) is 5.90. The Morgan fingerprint density at radius 1 is 1.69 bits per heavy atom. The third kappa shape index (κ3) is 4.82. The van der Waals surface area contributed by atoms with E-state index in [1.165, 1.54) is 0 Å². The van der Waals surface area contributed by atoms with E-state index in [1.807, 2.05) is 0 Å². The molecule has 5 nitrogen and oxygen atoms in total. The van der Waals surface area contributed by atoms with Gasteiger partial charge in [0.15, 0.2) is 0 Å². The Morgan fingerprint density at radius 2 is 2.54 bits per heavy atom. The third-order valence-corrected chi connectivity index (χ3v) is 1.98. The number of carbonyl (C=O) groups is 1. The summed E-state index contributed by atoms with van der Waals surface area (Å²) in [6.07, 6.45) is 1.16. The van der Waals surface area contributed by atoms with Gasteiger partial charge < -0.3 is 21.1 Å². The molecule has 0 radical (unpaired) electrons. The molecular weight excluding hydrogens is 170 g/mol. The van der Waals surface area contributed by atoms with Gasteiger partial charge >= 0.3 is 0 Å². The van der Waals surface area contributed by atoms with E-state index in [2.05, 4.69) is 10.6 Å². The van der Waals surface area contributed by atoms with Crippen molar-refractivity contribution in [2.75, 3.05) is 32.8 Å². The van der Waals surface area contributed by atoms with Crippen LogP contribution in [0.1, 0.15) is 6.42 Å². The van der Waals surface area contributed by atoms with Crippen LogP contribution in [-0.4, -0.2) is 44.8 Å². The first kappa shape index (κ1) is 10.4. The molecule has 0 aromatic heterocycles. The lowest BCUT2D eigenvalue weighted by molar-refractivity contribution is -0.122. The number of amides is 1. The lowest BCUT2D eigenvalue weighted by Gasteiger charge is -2.10. The second-order valence-corrected chi connectivity index (χ2v) is 3.16. The predicted octanol–water partition coefficient (Wildman–Crippen LogP) is -1.56. The molecule has 0 aliphatic carbocycles. The predicted molar refractivity (Wildman–Crippen MR) is 49.3 cm³/mol. The molecular formula is C8H17N3O2. The van der Waals surface area contributed by atoms with Crippen LogP contribution >= 0.6 is 0 Å². The topological polar surface area (TPSA) is 76.4 Å². The Bertz CT molecular complexity index is 157. The zero-order valence-corrected chi connectivity index (χ0v) is 7.71. The number of carbonyl (C=O) groups excluding carboxylic acids is 1. The van der Waals surface area contributed by atoms with Gasteiger partial charge in [0.2, 0.25) is 5.91 Å². The molecule has 1 fully saturated rings. The summed E-state index contributed by atoms with van der Waals surface area (Å²) in [5.41, 5.74) is 4.90. The zero-order chi connectivity index (χ0) is 9.52. The monoisotopic (exact) mass is 187 g/mol. The first-order valence-electron chi connectivity index (χ1n) is 4.59. The van der Waals surface area contributed by atoms with Gasteiger partial charge in [-0.05, 0) is 13.0 Å². The Hall–Kier alpha value is -0.650. The molecule has 4 N–H and O–H groups in total. The van der Waals surface area contributed by atoms with Gasteiger partial charge in [-0.15, -0.1) is 0 Å². The van der Waals surface area contributed by atoms with Crippen molar-refractivity contribution in [2.24, 2.45) is 5.73 Å². The van der Waals surface area contributed by atoms with E-state index in [4.69, 9.17) is 10.5 Å². The Kier molecular flexibility index (Phi) is 4.74. The molecule has 1 aliphatic rings. The molecule has 1 unspecified atom stereocenters.